The molecule has 3 heterocycles. The van der Waals surface area contributed by atoms with E-state index in [0.717, 1.165) is 37.3 Å². The van der Waals surface area contributed by atoms with Crippen LogP contribution in [0, 0.1) is 0 Å². The van der Waals surface area contributed by atoms with E-state index in [2.05, 4.69) is 44.2 Å². The van der Waals surface area contributed by atoms with Crippen LogP contribution in [0.25, 0.3) is 27.9 Å². The zero-order valence-corrected chi connectivity index (χ0v) is 21.1. The number of rotatable bonds is 6. The van der Waals surface area contributed by atoms with Gasteiger partial charge in [0.1, 0.15) is 23.6 Å². The van der Waals surface area contributed by atoms with Crippen LogP contribution in [0.3, 0.4) is 0 Å². The highest BCUT2D eigenvalue weighted by atomic mass is 79.9. The number of nitrogens with two attached hydrogens (primary N) is 1. The van der Waals surface area contributed by atoms with Crippen LogP contribution in [0.5, 0.6) is 0 Å². The highest BCUT2D eigenvalue weighted by molar-refractivity contribution is 9.10. The third kappa shape index (κ3) is 4.94. The fraction of sp³-hybridized carbons (Fsp3) is 0.320. The van der Waals surface area contributed by atoms with Gasteiger partial charge in [-0.2, -0.15) is 0 Å². The Morgan fingerprint density at radius 2 is 2.18 bits per heavy atom. The molecule has 0 spiro atoms. The summed E-state index contributed by atoms with van der Waals surface area (Å²) < 4.78 is 8.29. The van der Waals surface area contributed by atoms with Gasteiger partial charge in [-0.15, -0.1) is 6.58 Å². The number of para-hydroxylation sites is 1. The highest BCUT2D eigenvalue weighted by Gasteiger charge is 2.24. The smallest absolute Gasteiger partial charge is 0.407 e. The van der Waals surface area contributed by atoms with Crippen molar-refractivity contribution in [3.8, 4) is 11.1 Å². The average molecular weight is 525 g/mol. The molecule has 4 N–H and O–H groups in total. The largest absolute Gasteiger partial charge is 0.444 e. The number of ether oxygens (including phenoxy) is 1. The van der Waals surface area contributed by atoms with E-state index in [1.807, 2.05) is 55.8 Å². The van der Waals surface area contributed by atoms with Crippen molar-refractivity contribution in [2.24, 2.45) is 10.7 Å². The van der Waals surface area contributed by atoms with Gasteiger partial charge >= 0.3 is 6.09 Å². The number of halogens is 1. The summed E-state index contributed by atoms with van der Waals surface area (Å²) in [5, 5.41) is 7.93. The molecule has 8 nitrogen and oxygen atoms in total. The lowest BCUT2D eigenvalue weighted by Crippen LogP contribution is -2.46. The van der Waals surface area contributed by atoms with Crippen molar-refractivity contribution >= 4 is 38.7 Å². The standard InChI is InChI=1S/C25H29BrN6O2/c1-5-8-17(31-24(33)34-25(2,3)4)13-32-21(26)19(20-22(27)29-14-30-23(20)32)16-11-15-9-6-7-10-18(15)28-12-16/h5-7,9-12,17,29H,1,8,13-14,27H2,2-4H3,(H,31,33)/t17-/m1/s1. The van der Waals surface area contributed by atoms with Crippen LogP contribution in [0.4, 0.5) is 4.79 Å². The van der Waals surface area contributed by atoms with E-state index in [0.29, 0.717) is 25.5 Å². The third-order valence-electron chi connectivity index (χ3n) is 5.39. The van der Waals surface area contributed by atoms with Gasteiger partial charge in [-0.25, -0.2) is 9.79 Å². The van der Waals surface area contributed by atoms with Crippen LogP contribution < -0.4 is 27.1 Å². The summed E-state index contributed by atoms with van der Waals surface area (Å²) in [4.78, 5) is 21.8. The van der Waals surface area contributed by atoms with Crippen LogP contribution in [0.2, 0.25) is 0 Å². The van der Waals surface area contributed by atoms with Crippen LogP contribution in [0.15, 0.2) is 58.8 Å². The molecule has 0 saturated heterocycles. The molecule has 0 radical (unpaired) electrons. The Bertz CT molecular complexity index is 1370. The Kier molecular flexibility index (Phi) is 6.65. The van der Waals surface area contributed by atoms with Crippen molar-refractivity contribution in [3.05, 3.63) is 64.5 Å². The minimum Gasteiger partial charge on any atom is -0.444 e. The Hall–Kier alpha value is -3.33. The summed E-state index contributed by atoms with van der Waals surface area (Å²) in [6.07, 6.45) is 3.71. The summed E-state index contributed by atoms with van der Waals surface area (Å²) in [6, 6.07) is 9.81. The van der Waals surface area contributed by atoms with Gasteiger partial charge in [0, 0.05) is 29.3 Å². The first-order chi connectivity index (χ1) is 16.2. The van der Waals surface area contributed by atoms with Gasteiger partial charge in [0.2, 0.25) is 0 Å². The van der Waals surface area contributed by atoms with Crippen LogP contribution in [-0.4, -0.2) is 34.0 Å². The first kappa shape index (κ1) is 23.8. The summed E-state index contributed by atoms with van der Waals surface area (Å²) in [7, 11) is 0. The molecule has 1 atom stereocenters. The maximum atomic E-state index is 12.5. The Morgan fingerprint density at radius 3 is 2.91 bits per heavy atom. The van der Waals surface area contributed by atoms with Gasteiger partial charge in [0.15, 0.2) is 0 Å². The molecule has 1 amide bonds. The van der Waals surface area contributed by atoms with Crippen molar-refractivity contribution in [1.82, 2.24) is 20.2 Å². The van der Waals surface area contributed by atoms with Crippen molar-refractivity contribution < 1.29 is 9.53 Å². The van der Waals surface area contributed by atoms with Gasteiger partial charge in [-0.1, -0.05) is 24.3 Å². The zero-order chi connectivity index (χ0) is 24.5. The molecule has 0 saturated carbocycles. The second kappa shape index (κ2) is 9.50. The lowest BCUT2D eigenvalue weighted by Gasteiger charge is -2.24. The molecule has 178 valence electrons. The molecule has 0 unspecified atom stereocenters. The van der Waals surface area contributed by atoms with Crippen molar-refractivity contribution in [2.75, 3.05) is 6.67 Å². The molecule has 3 aromatic rings. The fourth-order valence-corrected chi connectivity index (χ4v) is 4.74. The number of nitrogens with zero attached hydrogens (tertiary/aromatic N) is 3. The molecule has 4 rings (SSSR count). The Labute approximate surface area is 206 Å². The third-order valence-corrected chi connectivity index (χ3v) is 6.22. The average Bonchev–Trinajstić information content (AvgIpc) is 3.05. The summed E-state index contributed by atoms with van der Waals surface area (Å²) in [5.41, 5.74) is 9.30. The molecule has 2 aromatic heterocycles. The molecule has 1 aliphatic heterocycles. The van der Waals surface area contributed by atoms with E-state index in [-0.39, 0.29) is 6.04 Å². The van der Waals surface area contributed by atoms with Crippen LogP contribution in [-0.2, 0) is 11.3 Å². The normalized spacial score (nSPS) is 14.1. The number of amides is 1. The number of hydrogen-bond acceptors (Lipinski definition) is 6. The van der Waals surface area contributed by atoms with E-state index >= 15 is 0 Å². The maximum absolute atomic E-state index is 12.5. The Balaban J connectivity index is 1.79. The number of carbonyl (C=O) groups is 1. The van der Waals surface area contributed by atoms with Gasteiger partial charge < -0.3 is 25.7 Å². The molecule has 1 aromatic carbocycles. The van der Waals surface area contributed by atoms with Crippen LogP contribution >= 0.6 is 15.9 Å². The van der Waals surface area contributed by atoms with Crippen LogP contribution in [0.1, 0.15) is 27.2 Å². The zero-order valence-electron chi connectivity index (χ0n) is 19.6. The quantitative estimate of drug-likeness (QED) is 0.429. The number of fused-ring (bicyclic) bond motifs is 2. The molecule has 0 fully saturated rings. The van der Waals surface area contributed by atoms with E-state index in [1.165, 1.54) is 0 Å². The number of hydrogen-bond donors (Lipinski definition) is 3. The lowest BCUT2D eigenvalue weighted by molar-refractivity contribution is 0.0499. The SMILES string of the molecule is C=CC[C@H](Cn1c(Br)c(-c2cnc3ccccc3c2)c2c1=NCNC=2N)NC(=O)OC(C)(C)C. The molecule has 34 heavy (non-hydrogen) atoms. The van der Waals surface area contributed by atoms with E-state index in [1.54, 1.807) is 6.08 Å². The summed E-state index contributed by atoms with van der Waals surface area (Å²) in [6.45, 7) is 10.2. The highest BCUT2D eigenvalue weighted by Crippen LogP contribution is 2.27. The second-order valence-corrected chi connectivity index (χ2v) is 9.92. The summed E-state index contributed by atoms with van der Waals surface area (Å²) >= 11 is 3.79. The van der Waals surface area contributed by atoms with Gasteiger partial charge in [-0.05, 0) is 55.3 Å². The van der Waals surface area contributed by atoms with Crippen molar-refractivity contribution in [3.63, 3.8) is 0 Å². The number of aromatic nitrogens is 2. The topological polar surface area (TPSA) is 107 Å². The molecule has 0 aliphatic carbocycles. The molecule has 9 heteroatoms. The van der Waals surface area contributed by atoms with Gasteiger partial charge in [0.05, 0.1) is 21.4 Å². The first-order valence-corrected chi connectivity index (χ1v) is 11.9. The number of carbonyl (C=O) groups excluding carboxylic acids is 1. The monoisotopic (exact) mass is 524 g/mol. The van der Waals surface area contributed by atoms with Crippen molar-refractivity contribution in [2.45, 2.75) is 45.4 Å². The number of alkyl carbamates (subject to hydrolysis) is 1. The van der Waals surface area contributed by atoms with Gasteiger partial charge in [0.25, 0.3) is 0 Å². The summed E-state index contributed by atoms with van der Waals surface area (Å²) in [5.74, 6) is 0.549. The number of nitrogens with one attached hydrogen (secondary N) is 2. The minimum absolute atomic E-state index is 0.256. The predicted molar refractivity (Wildman–Crippen MR) is 137 cm³/mol. The predicted octanol–water partition coefficient (Wildman–Crippen LogP) is 3.14. The number of benzene rings is 1. The second-order valence-electron chi connectivity index (χ2n) is 9.17. The van der Waals surface area contributed by atoms with E-state index in [4.69, 9.17) is 15.5 Å². The number of pyridine rings is 1. The molecular formula is C25H29BrN6O2. The van der Waals surface area contributed by atoms with Gasteiger partial charge in [-0.3, -0.25) is 4.98 Å². The maximum Gasteiger partial charge on any atom is 0.407 e. The van der Waals surface area contributed by atoms with Crippen molar-refractivity contribution in [1.29, 1.82) is 0 Å². The molecule has 0 bridgehead atoms. The molecular weight excluding hydrogens is 496 g/mol. The first-order valence-electron chi connectivity index (χ1n) is 11.1. The van der Waals surface area contributed by atoms with E-state index in [9.17, 15) is 4.79 Å². The van der Waals surface area contributed by atoms with E-state index < -0.39 is 11.7 Å². The Morgan fingerprint density at radius 1 is 1.41 bits per heavy atom. The minimum atomic E-state index is -0.587. The molecule has 1 aliphatic rings. The fourth-order valence-electron chi connectivity index (χ4n) is 4.00. The lowest BCUT2D eigenvalue weighted by atomic mass is 10.1.